The molecule has 7 nitrogen and oxygen atoms in total. The van der Waals surface area contributed by atoms with Crippen LogP contribution in [0.2, 0.25) is 0 Å². The summed E-state index contributed by atoms with van der Waals surface area (Å²) in [5.41, 5.74) is 0.717. The second-order valence-corrected chi connectivity index (χ2v) is 7.26. The maximum absolute atomic E-state index is 12.7. The van der Waals surface area contributed by atoms with E-state index in [0.29, 0.717) is 26.3 Å². The Labute approximate surface area is 153 Å². The lowest BCUT2D eigenvalue weighted by atomic mass is 9.87. The van der Waals surface area contributed by atoms with Gasteiger partial charge in [-0.15, -0.1) is 0 Å². The number of hydrogen-bond acceptors (Lipinski definition) is 5. The summed E-state index contributed by atoms with van der Waals surface area (Å²) in [4.78, 5) is 26.1. The number of nitrogens with one attached hydrogen (secondary N) is 2. The Morgan fingerprint density at radius 2 is 1.96 bits per heavy atom. The minimum Gasteiger partial charge on any atom is -0.486 e. The minimum atomic E-state index is -0.356. The molecule has 0 aromatic heterocycles. The zero-order valence-corrected chi connectivity index (χ0v) is 14.9. The third-order valence-corrected chi connectivity index (χ3v) is 5.42. The van der Waals surface area contributed by atoms with Crippen LogP contribution in [-0.2, 0) is 15.1 Å². The molecule has 0 bridgehead atoms. The fraction of sp³-hybridized carbons (Fsp3) is 0.579. The average Bonchev–Trinajstić information content (AvgIpc) is 3.11. The number of rotatable bonds is 4. The Balaban J connectivity index is 1.49. The van der Waals surface area contributed by atoms with Crippen LogP contribution in [0.5, 0.6) is 11.5 Å². The van der Waals surface area contributed by atoms with E-state index in [1.165, 1.54) is 0 Å². The van der Waals surface area contributed by atoms with E-state index < -0.39 is 0 Å². The number of carbonyl (C=O) groups is 2. The highest BCUT2D eigenvalue weighted by Gasteiger charge is 2.38. The predicted octanol–water partition coefficient (Wildman–Crippen LogP) is 0.775. The highest BCUT2D eigenvalue weighted by atomic mass is 16.6. The van der Waals surface area contributed by atoms with Gasteiger partial charge in [0.1, 0.15) is 13.2 Å². The SMILES string of the molecule is O=C1CN(CC(=O)NC2(c3ccc4c(c3)OCCO4)CCCC2)CCN1. The van der Waals surface area contributed by atoms with E-state index in [2.05, 4.69) is 10.6 Å². The van der Waals surface area contributed by atoms with Crippen LogP contribution in [0.3, 0.4) is 0 Å². The van der Waals surface area contributed by atoms with E-state index >= 15 is 0 Å². The number of benzene rings is 1. The molecule has 0 radical (unpaired) electrons. The largest absolute Gasteiger partial charge is 0.486 e. The van der Waals surface area contributed by atoms with Crippen molar-refractivity contribution in [3.8, 4) is 11.5 Å². The van der Waals surface area contributed by atoms with Gasteiger partial charge in [0.05, 0.1) is 18.6 Å². The second-order valence-electron chi connectivity index (χ2n) is 7.26. The molecule has 2 fully saturated rings. The van der Waals surface area contributed by atoms with Gasteiger partial charge in [-0.1, -0.05) is 18.9 Å². The number of nitrogens with zero attached hydrogens (tertiary/aromatic N) is 1. The molecule has 0 unspecified atom stereocenters. The Hall–Kier alpha value is -2.28. The molecule has 2 heterocycles. The van der Waals surface area contributed by atoms with Crippen molar-refractivity contribution in [1.82, 2.24) is 15.5 Å². The normalized spacial score (nSPS) is 21.9. The van der Waals surface area contributed by atoms with Crippen molar-refractivity contribution in [2.75, 3.05) is 39.4 Å². The molecule has 0 atom stereocenters. The van der Waals surface area contributed by atoms with Gasteiger partial charge in [-0.25, -0.2) is 0 Å². The summed E-state index contributed by atoms with van der Waals surface area (Å²) in [5, 5.41) is 6.05. The Bertz CT molecular complexity index is 700. The first-order chi connectivity index (χ1) is 12.6. The number of amides is 2. The van der Waals surface area contributed by atoms with E-state index in [4.69, 9.17) is 9.47 Å². The minimum absolute atomic E-state index is 0.0218. The van der Waals surface area contributed by atoms with Crippen LogP contribution in [-0.4, -0.2) is 56.1 Å². The molecule has 2 N–H and O–H groups in total. The molecular weight excluding hydrogens is 334 g/mol. The molecule has 1 aromatic carbocycles. The summed E-state index contributed by atoms with van der Waals surface area (Å²) < 4.78 is 11.3. The first-order valence-electron chi connectivity index (χ1n) is 9.35. The number of ether oxygens (including phenoxy) is 2. The molecule has 7 heteroatoms. The number of piperazine rings is 1. The molecule has 2 amide bonds. The highest BCUT2D eigenvalue weighted by molar-refractivity contribution is 5.82. The maximum Gasteiger partial charge on any atom is 0.234 e. The van der Waals surface area contributed by atoms with E-state index in [1.54, 1.807) is 0 Å². The quantitative estimate of drug-likeness (QED) is 0.830. The van der Waals surface area contributed by atoms with Crippen LogP contribution in [0.15, 0.2) is 18.2 Å². The topological polar surface area (TPSA) is 79.9 Å². The summed E-state index contributed by atoms with van der Waals surface area (Å²) >= 11 is 0. The molecule has 0 spiro atoms. The van der Waals surface area contributed by atoms with Crippen molar-refractivity contribution < 1.29 is 19.1 Å². The Kier molecular flexibility index (Phi) is 4.72. The lowest BCUT2D eigenvalue weighted by molar-refractivity contribution is -0.127. The zero-order valence-electron chi connectivity index (χ0n) is 14.9. The van der Waals surface area contributed by atoms with Crippen molar-refractivity contribution >= 4 is 11.8 Å². The first-order valence-corrected chi connectivity index (χ1v) is 9.35. The standard InChI is InChI=1S/C19H25N3O4/c23-17-12-22(8-7-20-17)13-18(24)21-19(5-1-2-6-19)14-3-4-15-16(11-14)26-10-9-25-15/h3-4,11H,1-2,5-10,12-13H2,(H,20,23)(H,21,24). The van der Waals surface area contributed by atoms with Gasteiger partial charge < -0.3 is 20.1 Å². The Morgan fingerprint density at radius 1 is 1.19 bits per heavy atom. The molecular formula is C19H25N3O4. The lowest BCUT2D eigenvalue weighted by Gasteiger charge is -2.34. The van der Waals surface area contributed by atoms with Gasteiger partial charge in [-0.05, 0) is 30.5 Å². The maximum atomic E-state index is 12.7. The molecule has 1 saturated carbocycles. The van der Waals surface area contributed by atoms with Crippen molar-refractivity contribution in [1.29, 1.82) is 0 Å². The van der Waals surface area contributed by atoms with Crippen molar-refractivity contribution in [3.63, 3.8) is 0 Å². The zero-order chi connectivity index (χ0) is 18.0. The molecule has 1 aliphatic carbocycles. The molecule has 140 valence electrons. The van der Waals surface area contributed by atoms with Gasteiger partial charge in [-0.2, -0.15) is 0 Å². The van der Waals surface area contributed by atoms with Crippen molar-refractivity contribution in [2.45, 2.75) is 31.2 Å². The smallest absolute Gasteiger partial charge is 0.234 e. The molecule has 26 heavy (non-hydrogen) atoms. The van der Waals surface area contributed by atoms with Gasteiger partial charge in [0, 0.05) is 13.1 Å². The van der Waals surface area contributed by atoms with Crippen LogP contribution in [0, 0.1) is 0 Å². The lowest BCUT2D eigenvalue weighted by Crippen LogP contribution is -2.53. The predicted molar refractivity (Wildman–Crippen MR) is 95.2 cm³/mol. The summed E-state index contributed by atoms with van der Waals surface area (Å²) in [6.07, 6.45) is 4.00. The van der Waals surface area contributed by atoms with Crippen LogP contribution >= 0.6 is 0 Å². The van der Waals surface area contributed by atoms with E-state index in [9.17, 15) is 9.59 Å². The average molecular weight is 359 g/mol. The van der Waals surface area contributed by atoms with Crippen LogP contribution in [0.25, 0.3) is 0 Å². The second kappa shape index (κ2) is 7.15. The molecule has 4 rings (SSSR count). The van der Waals surface area contributed by atoms with Gasteiger partial charge in [0.25, 0.3) is 0 Å². The van der Waals surface area contributed by atoms with Gasteiger partial charge in [-0.3, -0.25) is 14.5 Å². The van der Waals surface area contributed by atoms with Gasteiger partial charge in [0.2, 0.25) is 11.8 Å². The monoisotopic (exact) mass is 359 g/mol. The van der Waals surface area contributed by atoms with Crippen molar-refractivity contribution in [2.24, 2.45) is 0 Å². The van der Waals surface area contributed by atoms with Gasteiger partial charge in [0.15, 0.2) is 11.5 Å². The number of hydrogen-bond donors (Lipinski definition) is 2. The van der Waals surface area contributed by atoms with E-state index in [1.807, 2.05) is 23.1 Å². The van der Waals surface area contributed by atoms with Crippen LogP contribution in [0.4, 0.5) is 0 Å². The fourth-order valence-corrected chi connectivity index (χ4v) is 4.14. The van der Waals surface area contributed by atoms with E-state index in [0.717, 1.165) is 42.7 Å². The molecule has 1 aromatic rings. The molecule has 1 saturated heterocycles. The summed E-state index contributed by atoms with van der Waals surface area (Å²) in [6, 6.07) is 5.98. The summed E-state index contributed by atoms with van der Waals surface area (Å²) in [7, 11) is 0. The first kappa shape index (κ1) is 17.1. The summed E-state index contributed by atoms with van der Waals surface area (Å²) in [5.74, 6) is 1.46. The van der Waals surface area contributed by atoms with Crippen LogP contribution < -0.4 is 20.1 Å². The number of fused-ring (bicyclic) bond motifs is 1. The molecule has 2 aliphatic heterocycles. The highest BCUT2D eigenvalue weighted by Crippen LogP contribution is 2.42. The fourth-order valence-electron chi connectivity index (χ4n) is 4.14. The van der Waals surface area contributed by atoms with Gasteiger partial charge >= 0.3 is 0 Å². The van der Waals surface area contributed by atoms with Crippen molar-refractivity contribution in [3.05, 3.63) is 23.8 Å². The van der Waals surface area contributed by atoms with Crippen LogP contribution in [0.1, 0.15) is 31.2 Å². The summed E-state index contributed by atoms with van der Waals surface area (Å²) in [6.45, 7) is 2.95. The third-order valence-electron chi connectivity index (χ3n) is 5.42. The third kappa shape index (κ3) is 3.49. The Morgan fingerprint density at radius 3 is 2.73 bits per heavy atom. The molecule has 3 aliphatic rings. The number of carbonyl (C=O) groups excluding carboxylic acids is 2. The van der Waals surface area contributed by atoms with E-state index in [-0.39, 0.29) is 30.4 Å².